The summed E-state index contributed by atoms with van der Waals surface area (Å²) in [6, 6.07) is 8.38. The molecule has 1 heterocycles. The highest BCUT2D eigenvalue weighted by molar-refractivity contribution is 5.56. The van der Waals surface area contributed by atoms with Gasteiger partial charge in [-0.1, -0.05) is 32.9 Å². The first-order valence-corrected chi connectivity index (χ1v) is 7.80. The molecule has 0 spiro atoms. The zero-order valence-corrected chi connectivity index (χ0v) is 14.6. The molecule has 2 rings (SSSR count). The fourth-order valence-electron chi connectivity index (χ4n) is 2.03. The Bertz CT molecular complexity index is 616. The highest BCUT2D eigenvalue weighted by Crippen LogP contribution is 2.24. The Hall–Kier alpha value is -2.21. The van der Waals surface area contributed by atoms with Crippen molar-refractivity contribution in [3.8, 4) is 0 Å². The first-order valence-electron chi connectivity index (χ1n) is 7.80. The minimum absolute atomic E-state index is 0.151. The van der Waals surface area contributed by atoms with Gasteiger partial charge in [-0.3, -0.25) is 0 Å². The van der Waals surface area contributed by atoms with Crippen molar-refractivity contribution in [1.29, 1.82) is 0 Å². The molecule has 2 N–H and O–H groups in total. The molecule has 0 atom stereocenters. The molecule has 0 unspecified atom stereocenters. The molecule has 2 aromatic rings. The van der Waals surface area contributed by atoms with Crippen molar-refractivity contribution in [2.45, 2.75) is 26.2 Å². The van der Waals surface area contributed by atoms with E-state index in [0.717, 1.165) is 18.8 Å². The molecular formula is C17H26N6. The van der Waals surface area contributed by atoms with Crippen LogP contribution in [0.25, 0.3) is 0 Å². The SMILES string of the molecule is CN(C)CCNc1nncc(Nc2ccc(C(C)(C)C)cc2)n1. The quantitative estimate of drug-likeness (QED) is 0.854. The molecule has 0 aliphatic carbocycles. The molecule has 0 radical (unpaired) electrons. The van der Waals surface area contributed by atoms with Gasteiger partial charge in [0, 0.05) is 18.8 Å². The molecule has 0 bridgehead atoms. The fraction of sp³-hybridized carbons (Fsp3) is 0.471. The largest absolute Gasteiger partial charge is 0.352 e. The number of hydrogen-bond acceptors (Lipinski definition) is 6. The van der Waals surface area contributed by atoms with Crippen LogP contribution < -0.4 is 10.6 Å². The van der Waals surface area contributed by atoms with Crippen LogP contribution in [-0.4, -0.2) is 47.3 Å². The number of rotatable bonds is 6. The third-order valence-electron chi connectivity index (χ3n) is 3.42. The molecule has 0 aliphatic heterocycles. The van der Waals surface area contributed by atoms with Crippen LogP contribution >= 0.6 is 0 Å². The van der Waals surface area contributed by atoms with Gasteiger partial charge in [-0.15, -0.1) is 5.10 Å². The first kappa shape index (κ1) is 17.1. The van der Waals surface area contributed by atoms with E-state index in [0.29, 0.717) is 11.8 Å². The van der Waals surface area contributed by atoms with E-state index >= 15 is 0 Å². The summed E-state index contributed by atoms with van der Waals surface area (Å²) >= 11 is 0. The molecule has 1 aromatic heterocycles. The van der Waals surface area contributed by atoms with Gasteiger partial charge in [0.05, 0.1) is 6.20 Å². The molecule has 23 heavy (non-hydrogen) atoms. The standard InChI is InChI=1S/C17H26N6/c1-17(2,3)13-6-8-14(9-7-13)20-15-12-19-22-16(21-15)18-10-11-23(4)5/h6-9,12H,10-11H2,1-5H3,(H2,18,20,21,22). The topological polar surface area (TPSA) is 66.0 Å². The second-order valence-corrected chi connectivity index (χ2v) is 6.85. The van der Waals surface area contributed by atoms with Gasteiger partial charge in [-0.05, 0) is 37.2 Å². The van der Waals surface area contributed by atoms with Crippen LogP contribution in [0.4, 0.5) is 17.5 Å². The summed E-state index contributed by atoms with van der Waals surface area (Å²) in [6.45, 7) is 8.30. The number of nitrogens with one attached hydrogen (secondary N) is 2. The van der Waals surface area contributed by atoms with Crippen LogP contribution in [0.5, 0.6) is 0 Å². The van der Waals surface area contributed by atoms with Gasteiger partial charge in [0.25, 0.3) is 0 Å². The zero-order valence-electron chi connectivity index (χ0n) is 14.6. The maximum atomic E-state index is 4.42. The van der Waals surface area contributed by atoms with E-state index in [-0.39, 0.29) is 5.41 Å². The molecule has 0 fully saturated rings. The lowest BCUT2D eigenvalue weighted by Gasteiger charge is -2.19. The Morgan fingerprint density at radius 2 is 1.78 bits per heavy atom. The van der Waals surface area contributed by atoms with E-state index in [1.165, 1.54) is 5.56 Å². The van der Waals surface area contributed by atoms with Crippen molar-refractivity contribution < 1.29 is 0 Å². The Kier molecular flexibility index (Phi) is 5.50. The van der Waals surface area contributed by atoms with Crippen LogP contribution in [-0.2, 0) is 5.41 Å². The summed E-state index contributed by atoms with van der Waals surface area (Å²) in [7, 11) is 4.06. The molecule has 0 aliphatic rings. The molecule has 0 saturated carbocycles. The molecule has 0 saturated heterocycles. The van der Waals surface area contributed by atoms with Gasteiger partial charge in [0.1, 0.15) is 0 Å². The van der Waals surface area contributed by atoms with Gasteiger partial charge in [-0.2, -0.15) is 10.1 Å². The normalized spacial score (nSPS) is 11.6. The Morgan fingerprint density at radius 1 is 1.09 bits per heavy atom. The Labute approximate surface area is 138 Å². The molecule has 124 valence electrons. The van der Waals surface area contributed by atoms with Crippen LogP contribution in [0.1, 0.15) is 26.3 Å². The summed E-state index contributed by atoms with van der Waals surface area (Å²) in [5.41, 5.74) is 2.44. The second kappa shape index (κ2) is 7.37. The predicted molar refractivity (Wildman–Crippen MR) is 95.3 cm³/mol. The number of aromatic nitrogens is 3. The monoisotopic (exact) mass is 314 g/mol. The third-order valence-corrected chi connectivity index (χ3v) is 3.42. The first-order chi connectivity index (χ1) is 10.8. The van der Waals surface area contributed by atoms with Gasteiger partial charge >= 0.3 is 0 Å². The number of hydrogen-bond donors (Lipinski definition) is 2. The highest BCUT2D eigenvalue weighted by Gasteiger charge is 2.12. The predicted octanol–water partition coefficient (Wildman–Crippen LogP) is 2.89. The van der Waals surface area contributed by atoms with E-state index in [4.69, 9.17) is 0 Å². The summed E-state index contributed by atoms with van der Waals surface area (Å²) in [5.74, 6) is 1.21. The van der Waals surface area contributed by atoms with Crippen molar-refractivity contribution in [2.75, 3.05) is 37.8 Å². The van der Waals surface area contributed by atoms with Crippen molar-refractivity contribution in [2.24, 2.45) is 0 Å². The average Bonchev–Trinajstić information content (AvgIpc) is 2.47. The van der Waals surface area contributed by atoms with Crippen LogP contribution in [0.3, 0.4) is 0 Å². The van der Waals surface area contributed by atoms with Crippen molar-refractivity contribution >= 4 is 17.5 Å². The lowest BCUT2D eigenvalue weighted by atomic mass is 9.87. The van der Waals surface area contributed by atoms with Gasteiger partial charge in [0.2, 0.25) is 5.95 Å². The molecule has 6 nitrogen and oxygen atoms in total. The lowest BCUT2D eigenvalue weighted by molar-refractivity contribution is 0.425. The second-order valence-electron chi connectivity index (χ2n) is 6.85. The molecule has 0 amide bonds. The van der Waals surface area contributed by atoms with Crippen LogP contribution in [0.2, 0.25) is 0 Å². The van der Waals surface area contributed by atoms with E-state index in [1.54, 1.807) is 6.20 Å². The van der Waals surface area contributed by atoms with Crippen molar-refractivity contribution in [1.82, 2.24) is 20.1 Å². The average molecular weight is 314 g/mol. The van der Waals surface area contributed by atoms with E-state index in [1.807, 2.05) is 14.1 Å². The number of likely N-dealkylation sites (N-methyl/N-ethyl adjacent to an activating group) is 1. The third kappa shape index (κ3) is 5.49. The zero-order chi connectivity index (χ0) is 16.9. The lowest BCUT2D eigenvalue weighted by Crippen LogP contribution is -2.21. The number of benzene rings is 1. The number of anilines is 3. The summed E-state index contributed by atoms with van der Waals surface area (Å²) in [4.78, 5) is 6.52. The highest BCUT2D eigenvalue weighted by atomic mass is 15.3. The molecular weight excluding hydrogens is 288 g/mol. The van der Waals surface area contributed by atoms with Gasteiger partial charge in [0.15, 0.2) is 5.82 Å². The Balaban J connectivity index is 2.00. The maximum absolute atomic E-state index is 4.42. The molecule has 1 aromatic carbocycles. The van der Waals surface area contributed by atoms with Gasteiger partial charge in [-0.25, -0.2) is 0 Å². The van der Waals surface area contributed by atoms with E-state index < -0.39 is 0 Å². The minimum Gasteiger partial charge on any atom is -0.352 e. The van der Waals surface area contributed by atoms with Gasteiger partial charge < -0.3 is 15.5 Å². The van der Waals surface area contributed by atoms with Crippen LogP contribution in [0, 0.1) is 0 Å². The van der Waals surface area contributed by atoms with E-state index in [9.17, 15) is 0 Å². The number of nitrogens with zero attached hydrogens (tertiary/aromatic N) is 4. The molecule has 6 heteroatoms. The van der Waals surface area contributed by atoms with Crippen molar-refractivity contribution in [3.05, 3.63) is 36.0 Å². The summed E-state index contributed by atoms with van der Waals surface area (Å²) in [6.07, 6.45) is 1.62. The maximum Gasteiger partial charge on any atom is 0.244 e. The summed E-state index contributed by atoms with van der Waals surface area (Å²) in [5, 5.41) is 14.4. The minimum atomic E-state index is 0.151. The van der Waals surface area contributed by atoms with E-state index in [2.05, 4.69) is 75.8 Å². The van der Waals surface area contributed by atoms with Crippen molar-refractivity contribution in [3.63, 3.8) is 0 Å². The fourth-order valence-corrected chi connectivity index (χ4v) is 2.03. The Morgan fingerprint density at radius 3 is 2.39 bits per heavy atom. The van der Waals surface area contributed by atoms with Crippen LogP contribution in [0.15, 0.2) is 30.5 Å². The smallest absolute Gasteiger partial charge is 0.244 e. The summed E-state index contributed by atoms with van der Waals surface area (Å²) < 4.78 is 0.